The molecule has 2 unspecified atom stereocenters. The zero-order chi connectivity index (χ0) is 19.4. The predicted octanol–water partition coefficient (Wildman–Crippen LogP) is 1.36. The molecule has 8 nitrogen and oxygen atoms in total. The Balaban J connectivity index is 0.00000280. The maximum Gasteiger partial charge on any atom is 0.227 e. The minimum atomic E-state index is -0.363. The first-order valence-corrected chi connectivity index (χ1v) is 9.18. The highest BCUT2D eigenvalue weighted by Gasteiger charge is 2.36. The first kappa shape index (κ1) is 22.1. The van der Waals surface area contributed by atoms with Crippen LogP contribution in [0.15, 0.2) is 12.1 Å². The average Bonchev–Trinajstić information content (AvgIpc) is 3.34. The molecule has 0 spiro atoms. The maximum atomic E-state index is 12.5. The molecule has 2 heterocycles. The fourth-order valence-corrected chi connectivity index (χ4v) is 3.65. The zero-order valence-electron chi connectivity index (χ0n) is 16.4. The van der Waals surface area contributed by atoms with Gasteiger partial charge in [0, 0.05) is 37.7 Å². The summed E-state index contributed by atoms with van der Waals surface area (Å²) in [7, 11) is 4.58. The van der Waals surface area contributed by atoms with Crippen LogP contribution in [-0.4, -0.2) is 58.8 Å². The van der Waals surface area contributed by atoms with Crippen molar-refractivity contribution in [1.82, 2.24) is 10.6 Å². The molecule has 2 N–H and O–H groups in total. The van der Waals surface area contributed by atoms with Crippen molar-refractivity contribution in [2.45, 2.75) is 25.3 Å². The number of methoxy groups -OCH3 is 3. The highest BCUT2D eigenvalue weighted by atomic mass is 35.5. The lowest BCUT2D eigenvalue weighted by Crippen LogP contribution is -2.40. The minimum absolute atomic E-state index is 0. The summed E-state index contributed by atoms with van der Waals surface area (Å²) in [5, 5.41) is 6.32. The van der Waals surface area contributed by atoms with Crippen molar-refractivity contribution in [3.05, 3.63) is 12.1 Å². The molecule has 1 aromatic rings. The molecule has 28 heavy (non-hydrogen) atoms. The van der Waals surface area contributed by atoms with Gasteiger partial charge in [0.15, 0.2) is 11.5 Å². The van der Waals surface area contributed by atoms with Crippen molar-refractivity contribution in [2.24, 2.45) is 5.92 Å². The van der Waals surface area contributed by atoms with Crippen LogP contribution in [-0.2, 0) is 9.59 Å². The van der Waals surface area contributed by atoms with E-state index in [0.29, 0.717) is 42.1 Å². The van der Waals surface area contributed by atoms with Crippen LogP contribution in [0.25, 0.3) is 0 Å². The number of ether oxygens (including phenoxy) is 3. The third-order valence-electron chi connectivity index (χ3n) is 5.14. The van der Waals surface area contributed by atoms with Crippen LogP contribution in [0.5, 0.6) is 17.2 Å². The number of hydrogen-bond acceptors (Lipinski definition) is 6. The largest absolute Gasteiger partial charge is 0.493 e. The summed E-state index contributed by atoms with van der Waals surface area (Å²) in [6.45, 7) is 1.94. The van der Waals surface area contributed by atoms with Gasteiger partial charge in [-0.2, -0.15) is 0 Å². The van der Waals surface area contributed by atoms with E-state index in [1.165, 1.54) is 21.3 Å². The number of rotatable bonds is 7. The van der Waals surface area contributed by atoms with Crippen LogP contribution in [0.2, 0.25) is 0 Å². The number of halogens is 1. The molecule has 2 aliphatic heterocycles. The fraction of sp³-hybridized carbons (Fsp3) is 0.579. The van der Waals surface area contributed by atoms with Gasteiger partial charge in [-0.1, -0.05) is 0 Å². The fourth-order valence-electron chi connectivity index (χ4n) is 3.65. The third kappa shape index (κ3) is 4.62. The zero-order valence-corrected chi connectivity index (χ0v) is 17.3. The van der Waals surface area contributed by atoms with E-state index >= 15 is 0 Å². The second-order valence-electron chi connectivity index (χ2n) is 6.83. The monoisotopic (exact) mass is 413 g/mol. The molecular formula is C19H28ClN3O5. The summed E-state index contributed by atoms with van der Waals surface area (Å²) in [5.74, 6) is 0.877. The maximum absolute atomic E-state index is 12.5. The third-order valence-corrected chi connectivity index (χ3v) is 5.14. The molecule has 3 rings (SSSR count). The summed E-state index contributed by atoms with van der Waals surface area (Å²) in [6, 6.07) is 3.78. The highest BCUT2D eigenvalue weighted by Crippen LogP contribution is 2.42. The Morgan fingerprint density at radius 2 is 1.89 bits per heavy atom. The predicted molar refractivity (Wildman–Crippen MR) is 108 cm³/mol. The first-order valence-electron chi connectivity index (χ1n) is 9.18. The van der Waals surface area contributed by atoms with Crippen LogP contribution < -0.4 is 29.7 Å². The number of anilines is 1. The molecule has 2 saturated heterocycles. The van der Waals surface area contributed by atoms with Crippen molar-refractivity contribution in [3.8, 4) is 17.2 Å². The highest BCUT2D eigenvalue weighted by molar-refractivity contribution is 6.00. The SMILES string of the molecule is COc1cc(N2CC(C(=O)NCC3CCCN3)CC2=O)cc(OC)c1OC.Cl. The van der Waals surface area contributed by atoms with Gasteiger partial charge in [0.25, 0.3) is 0 Å². The number of hydrogen-bond donors (Lipinski definition) is 2. The first-order chi connectivity index (χ1) is 13.1. The van der Waals surface area contributed by atoms with Crippen molar-refractivity contribution in [3.63, 3.8) is 0 Å². The Morgan fingerprint density at radius 1 is 1.21 bits per heavy atom. The summed E-state index contributed by atoms with van der Waals surface area (Å²) < 4.78 is 16.0. The van der Waals surface area contributed by atoms with Crippen LogP contribution in [0.4, 0.5) is 5.69 Å². The number of benzene rings is 1. The van der Waals surface area contributed by atoms with E-state index < -0.39 is 0 Å². The normalized spacial score (nSPS) is 21.2. The number of nitrogens with one attached hydrogen (secondary N) is 2. The van der Waals surface area contributed by atoms with Gasteiger partial charge in [0.05, 0.1) is 32.9 Å². The van der Waals surface area contributed by atoms with E-state index in [-0.39, 0.29) is 36.6 Å². The molecule has 2 fully saturated rings. The van der Waals surface area contributed by atoms with Crippen LogP contribution in [0, 0.1) is 5.92 Å². The molecule has 0 aliphatic carbocycles. The Kier molecular flexibility index (Phi) is 7.77. The molecule has 2 amide bonds. The van der Waals surface area contributed by atoms with Gasteiger partial charge in [-0.15, -0.1) is 12.4 Å². The number of amides is 2. The molecule has 9 heteroatoms. The Labute approximate surface area is 171 Å². The molecule has 0 radical (unpaired) electrons. The van der Waals surface area contributed by atoms with E-state index in [4.69, 9.17) is 14.2 Å². The van der Waals surface area contributed by atoms with Crippen molar-refractivity contribution in [2.75, 3.05) is 45.9 Å². The lowest BCUT2D eigenvalue weighted by molar-refractivity contribution is -0.126. The van der Waals surface area contributed by atoms with Crippen LogP contribution >= 0.6 is 12.4 Å². The van der Waals surface area contributed by atoms with E-state index in [1.807, 2.05) is 0 Å². The van der Waals surface area contributed by atoms with Crippen LogP contribution in [0.3, 0.4) is 0 Å². The van der Waals surface area contributed by atoms with E-state index in [0.717, 1.165) is 19.4 Å². The Hall–Kier alpha value is -2.19. The second-order valence-corrected chi connectivity index (χ2v) is 6.83. The summed E-state index contributed by atoms with van der Waals surface area (Å²) >= 11 is 0. The van der Waals surface area contributed by atoms with Gasteiger partial charge in [-0.25, -0.2) is 0 Å². The van der Waals surface area contributed by atoms with Crippen LogP contribution in [0.1, 0.15) is 19.3 Å². The van der Waals surface area contributed by atoms with Gasteiger partial charge < -0.3 is 29.7 Å². The lowest BCUT2D eigenvalue weighted by Gasteiger charge is -2.20. The van der Waals surface area contributed by atoms with E-state index in [1.54, 1.807) is 17.0 Å². The number of nitrogens with zero attached hydrogens (tertiary/aromatic N) is 1. The summed E-state index contributed by atoms with van der Waals surface area (Å²) in [5.41, 5.74) is 0.627. The quantitative estimate of drug-likeness (QED) is 0.701. The van der Waals surface area contributed by atoms with Gasteiger partial charge >= 0.3 is 0 Å². The Morgan fingerprint density at radius 3 is 2.43 bits per heavy atom. The van der Waals surface area contributed by atoms with Gasteiger partial charge in [-0.3, -0.25) is 9.59 Å². The topological polar surface area (TPSA) is 89.1 Å². The molecule has 0 aromatic heterocycles. The van der Waals surface area contributed by atoms with Gasteiger partial charge in [0.1, 0.15) is 0 Å². The van der Waals surface area contributed by atoms with Crippen molar-refractivity contribution < 1.29 is 23.8 Å². The van der Waals surface area contributed by atoms with E-state index in [2.05, 4.69) is 10.6 Å². The molecule has 0 bridgehead atoms. The number of carbonyl (C=O) groups is 2. The standard InChI is InChI=1S/C19H27N3O5.ClH/c1-25-15-8-14(9-16(26-2)18(15)27-3)22-11-12(7-17(22)23)19(24)21-10-13-5-4-6-20-13;/h8-9,12-13,20H,4-7,10-11H2,1-3H3,(H,21,24);1H. The van der Waals surface area contributed by atoms with Gasteiger partial charge in [-0.05, 0) is 19.4 Å². The second kappa shape index (κ2) is 9.84. The summed E-state index contributed by atoms with van der Waals surface area (Å²) in [4.78, 5) is 26.6. The average molecular weight is 414 g/mol. The van der Waals surface area contributed by atoms with Crippen molar-refractivity contribution >= 4 is 29.9 Å². The molecular weight excluding hydrogens is 386 g/mol. The lowest BCUT2D eigenvalue weighted by atomic mass is 10.1. The molecule has 1 aromatic carbocycles. The van der Waals surface area contributed by atoms with Crippen molar-refractivity contribution in [1.29, 1.82) is 0 Å². The Bertz CT molecular complexity index is 684. The minimum Gasteiger partial charge on any atom is -0.493 e. The molecule has 2 aliphatic rings. The molecule has 2 atom stereocenters. The molecule has 0 saturated carbocycles. The summed E-state index contributed by atoms with van der Waals surface area (Å²) in [6.07, 6.45) is 2.40. The van der Waals surface area contributed by atoms with Gasteiger partial charge in [0.2, 0.25) is 17.6 Å². The molecule has 156 valence electrons. The smallest absolute Gasteiger partial charge is 0.227 e. The van der Waals surface area contributed by atoms with E-state index in [9.17, 15) is 9.59 Å². The number of carbonyl (C=O) groups excluding carboxylic acids is 2.